The van der Waals surface area contributed by atoms with Gasteiger partial charge in [0.15, 0.2) is 0 Å². The van der Waals surface area contributed by atoms with Crippen LogP contribution in [0.5, 0.6) is 0 Å². The molecule has 0 spiro atoms. The van der Waals surface area contributed by atoms with E-state index in [1.807, 2.05) is 0 Å². The van der Waals surface area contributed by atoms with E-state index in [-0.39, 0.29) is 0 Å². The molecule has 0 aliphatic carbocycles. The van der Waals surface area contributed by atoms with Gasteiger partial charge in [-0.05, 0) is 53.3 Å². The maximum atomic E-state index is 4.71. The smallest absolute Gasteiger partial charge is 0.107 e. The number of hydrogen-bond donors (Lipinski definition) is 0. The Morgan fingerprint density at radius 1 is 1.40 bits per heavy atom. The van der Waals surface area contributed by atoms with Crippen LogP contribution in [-0.2, 0) is 13.0 Å². The summed E-state index contributed by atoms with van der Waals surface area (Å²) in [5.74, 6) is 0. The van der Waals surface area contributed by atoms with Gasteiger partial charge in [0.05, 0.1) is 9.26 Å². The maximum Gasteiger partial charge on any atom is 0.107 e. The first-order valence-corrected chi connectivity index (χ1v) is 7.16. The van der Waals surface area contributed by atoms with Gasteiger partial charge in [0.2, 0.25) is 0 Å². The SMILES string of the molecule is Ic1c(-c2ccsc2)nn2c1CCCC2. The van der Waals surface area contributed by atoms with Crippen molar-refractivity contribution in [3.63, 3.8) is 0 Å². The van der Waals surface area contributed by atoms with Crippen molar-refractivity contribution in [2.45, 2.75) is 25.8 Å². The van der Waals surface area contributed by atoms with Gasteiger partial charge in [0.1, 0.15) is 5.69 Å². The zero-order valence-corrected chi connectivity index (χ0v) is 11.2. The number of aryl methyl sites for hydroxylation is 1. The number of rotatable bonds is 1. The highest BCUT2D eigenvalue weighted by Crippen LogP contribution is 2.31. The molecular weight excluding hydrogens is 319 g/mol. The monoisotopic (exact) mass is 330 g/mol. The van der Waals surface area contributed by atoms with E-state index in [1.165, 1.54) is 39.8 Å². The van der Waals surface area contributed by atoms with Gasteiger partial charge >= 0.3 is 0 Å². The van der Waals surface area contributed by atoms with Crippen LogP contribution in [0, 0.1) is 3.57 Å². The summed E-state index contributed by atoms with van der Waals surface area (Å²) in [6.45, 7) is 1.09. The van der Waals surface area contributed by atoms with Gasteiger partial charge in [0.25, 0.3) is 0 Å². The Morgan fingerprint density at radius 3 is 3.07 bits per heavy atom. The third kappa shape index (κ3) is 1.63. The third-order valence-electron chi connectivity index (χ3n) is 2.82. The van der Waals surface area contributed by atoms with E-state index in [9.17, 15) is 0 Å². The van der Waals surface area contributed by atoms with Gasteiger partial charge in [0, 0.05) is 17.5 Å². The molecule has 0 unspecified atom stereocenters. The molecule has 0 saturated carbocycles. The van der Waals surface area contributed by atoms with Gasteiger partial charge < -0.3 is 0 Å². The van der Waals surface area contributed by atoms with Crippen LogP contribution in [0.3, 0.4) is 0 Å². The lowest BCUT2D eigenvalue weighted by Crippen LogP contribution is -2.11. The highest BCUT2D eigenvalue weighted by atomic mass is 127. The standard InChI is InChI=1S/C11H11IN2S/c12-10-9-3-1-2-5-14(9)13-11(10)8-4-6-15-7-8/h4,6-7H,1-3,5H2. The predicted molar refractivity (Wildman–Crippen MR) is 71.2 cm³/mol. The zero-order chi connectivity index (χ0) is 10.3. The molecule has 0 aromatic carbocycles. The molecule has 0 amide bonds. The topological polar surface area (TPSA) is 17.8 Å². The zero-order valence-electron chi connectivity index (χ0n) is 8.24. The highest BCUT2D eigenvalue weighted by Gasteiger charge is 2.19. The lowest BCUT2D eigenvalue weighted by Gasteiger charge is -2.12. The molecule has 0 radical (unpaired) electrons. The molecule has 3 heterocycles. The van der Waals surface area contributed by atoms with Crippen LogP contribution >= 0.6 is 33.9 Å². The summed E-state index contributed by atoms with van der Waals surface area (Å²) in [6.07, 6.45) is 3.77. The van der Waals surface area contributed by atoms with Gasteiger partial charge in [-0.2, -0.15) is 16.4 Å². The third-order valence-corrected chi connectivity index (χ3v) is 4.64. The summed E-state index contributed by atoms with van der Waals surface area (Å²) >= 11 is 4.18. The van der Waals surface area contributed by atoms with Crippen LogP contribution in [0.4, 0.5) is 0 Å². The second-order valence-corrected chi connectivity index (χ2v) is 5.66. The second kappa shape index (κ2) is 3.90. The van der Waals surface area contributed by atoms with Crippen LogP contribution in [0.15, 0.2) is 16.8 Å². The molecule has 4 heteroatoms. The Balaban J connectivity index is 2.13. The van der Waals surface area contributed by atoms with Crippen LogP contribution in [-0.4, -0.2) is 9.78 Å². The lowest BCUT2D eigenvalue weighted by atomic mass is 10.1. The molecule has 0 saturated heterocycles. The van der Waals surface area contributed by atoms with Gasteiger partial charge in [-0.1, -0.05) is 0 Å². The van der Waals surface area contributed by atoms with E-state index in [4.69, 9.17) is 5.10 Å². The second-order valence-electron chi connectivity index (χ2n) is 3.80. The Labute approximate surface area is 106 Å². The minimum Gasteiger partial charge on any atom is -0.268 e. The molecule has 0 N–H and O–H groups in total. The summed E-state index contributed by atoms with van der Waals surface area (Å²) in [5, 5.41) is 9.00. The van der Waals surface area contributed by atoms with Crippen LogP contribution < -0.4 is 0 Å². The van der Waals surface area contributed by atoms with E-state index < -0.39 is 0 Å². The Bertz CT molecular complexity index is 473. The molecular formula is C11H11IN2S. The molecule has 15 heavy (non-hydrogen) atoms. The number of halogens is 1. The first-order valence-electron chi connectivity index (χ1n) is 5.14. The molecule has 2 nitrogen and oxygen atoms in total. The average Bonchev–Trinajstić information content (AvgIpc) is 2.87. The molecule has 0 bridgehead atoms. The van der Waals surface area contributed by atoms with Crippen molar-refractivity contribution in [3.05, 3.63) is 26.1 Å². The Morgan fingerprint density at radius 2 is 2.33 bits per heavy atom. The number of aromatic nitrogens is 2. The molecule has 0 atom stereocenters. The number of nitrogens with zero attached hydrogens (tertiary/aromatic N) is 2. The predicted octanol–water partition coefficient (Wildman–Crippen LogP) is 3.55. The van der Waals surface area contributed by atoms with E-state index in [0.717, 1.165) is 6.54 Å². The van der Waals surface area contributed by atoms with Crippen LogP contribution in [0.2, 0.25) is 0 Å². The van der Waals surface area contributed by atoms with E-state index in [0.29, 0.717) is 0 Å². The highest BCUT2D eigenvalue weighted by molar-refractivity contribution is 14.1. The normalized spacial score (nSPS) is 15.3. The van der Waals surface area contributed by atoms with Crippen molar-refractivity contribution in [1.82, 2.24) is 9.78 Å². The van der Waals surface area contributed by atoms with Gasteiger partial charge in [-0.3, -0.25) is 4.68 Å². The minimum atomic E-state index is 1.09. The van der Waals surface area contributed by atoms with Crippen LogP contribution in [0.1, 0.15) is 18.5 Å². The fraction of sp³-hybridized carbons (Fsp3) is 0.364. The van der Waals surface area contributed by atoms with Crippen molar-refractivity contribution in [3.8, 4) is 11.3 Å². The average molecular weight is 330 g/mol. The van der Waals surface area contributed by atoms with E-state index >= 15 is 0 Å². The first-order chi connectivity index (χ1) is 7.36. The quantitative estimate of drug-likeness (QED) is 0.731. The lowest BCUT2D eigenvalue weighted by molar-refractivity contribution is 0.486. The van der Waals surface area contributed by atoms with Gasteiger partial charge in [-0.15, -0.1) is 0 Å². The summed E-state index contributed by atoms with van der Waals surface area (Å²) in [5.41, 5.74) is 3.88. The van der Waals surface area contributed by atoms with E-state index in [2.05, 4.69) is 44.1 Å². The summed E-state index contributed by atoms with van der Waals surface area (Å²) in [6, 6.07) is 2.15. The molecule has 2 aromatic heterocycles. The summed E-state index contributed by atoms with van der Waals surface area (Å²) in [7, 11) is 0. The van der Waals surface area contributed by atoms with Gasteiger partial charge in [-0.25, -0.2) is 0 Å². The van der Waals surface area contributed by atoms with E-state index in [1.54, 1.807) is 11.3 Å². The number of hydrogen-bond acceptors (Lipinski definition) is 2. The van der Waals surface area contributed by atoms with Crippen LogP contribution in [0.25, 0.3) is 11.3 Å². The maximum absolute atomic E-state index is 4.71. The first kappa shape index (κ1) is 9.84. The molecule has 0 fully saturated rings. The molecule has 78 valence electrons. The molecule has 1 aliphatic heterocycles. The van der Waals surface area contributed by atoms with Crippen molar-refractivity contribution in [2.24, 2.45) is 0 Å². The summed E-state index contributed by atoms with van der Waals surface area (Å²) in [4.78, 5) is 0. The fourth-order valence-corrected chi connectivity index (χ4v) is 3.64. The Hall–Kier alpha value is -0.360. The van der Waals surface area contributed by atoms with Crippen molar-refractivity contribution in [2.75, 3.05) is 0 Å². The fourth-order valence-electron chi connectivity index (χ4n) is 2.04. The van der Waals surface area contributed by atoms with Crippen molar-refractivity contribution >= 4 is 33.9 Å². The Kier molecular flexibility index (Phi) is 2.56. The largest absolute Gasteiger partial charge is 0.268 e. The van der Waals surface area contributed by atoms with Crippen molar-refractivity contribution < 1.29 is 0 Å². The summed E-state index contributed by atoms with van der Waals surface area (Å²) < 4.78 is 3.55. The van der Waals surface area contributed by atoms with Crippen molar-refractivity contribution in [1.29, 1.82) is 0 Å². The number of thiophene rings is 1. The number of fused-ring (bicyclic) bond motifs is 1. The molecule has 1 aliphatic rings. The molecule has 2 aromatic rings. The minimum absolute atomic E-state index is 1.09. The molecule has 3 rings (SSSR count).